The van der Waals surface area contributed by atoms with Gasteiger partial charge < -0.3 is 9.47 Å². The van der Waals surface area contributed by atoms with Crippen LogP contribution in [-0.2, 0) is 4.79 Å². The van der Waals surface area contributed by atoms with E-state index in [2.05, 4.69) is 29.4 Å². The highest BCUT2D eigenvalue weighted by atomic mass is 16.2. The number of rotatable bonds is 5. The molecule has 2 aliphatic carbocycles. The molecule has 0 spiro atoms. The van der Waals surface area contributed by atoms with E-state index in [1.807, 2.05) is 4.90 Å². The molecule has 148 valence electrons. The molecule has 1 saturated heterocycles. The number of aromatic nitrogens is 1. The normalized spacial score (nSPS) is 22.2. The first-order valence-electron chi connectivity index (χ1n) is 10.8. The molecule has 5 heteroatoms. The fourth-order valence-electron chi connectivity index (χ4n) is 5.11. The fraction of sp³-hybridized carbons (Fsp3) is 0.727. The van der Waals surface area contributed by atoms with Crippen LogP contribution in [0.2, 0.25) is 0 Å². The van der Waals surface area contributed by atoms with Gasteiger partial charge in [-0.25, -0.2) is 0 Å². The zero-order chi connectivity index (χ0) is 19.0. The van der Waals surface area contributed by atoms with Crippen molar-refractivity contribution in [1.82, 2.24) is 14.4 Å². The minimum Gasteiger partial charge on any atom is -0.345 e. The average molecular weight is 372 g/mol. The second-order valence-corrected chi connectivity index (χ2v) is 8.75. The lowest BCUT2D eigenvalue weighted by molar-refractivity contribution is -0.139. The van der Waals surface area contributed by atoms with E-state index in [1.165, 1.54) is 37.8 Å². The van der Waals surface area contributed by atoms with Gasteiger partial charge in [-0.3, -0.25) is 14.5 Å². The Morgan fingerprint density at radius 3 is 2.22 bits per heavy atom. The number of carbonyl (C=O) groups is 2. The number of piperazine rings is 1. The van der Waals surface area contributed by atoms with Crippen molar-refractivity contribution in [2.45, 2.75) is 64.8 Å². The van der Waals surface area contributed by atoms with Gasteiger partial charge >= 0.3 is 0 Å². The van der Waals surface area contributed by atoms with Crippen LogP contribution in [0.25, 0.3) is 0 Å². The maximum atomic E-state index is 13.0. The molecular formula is C22H33N3O2. The molecule has 0 N–H and O–H groups in total. The van der Waals surface area contributed by atoms with Gasteiger partial charge in [0.05, 0.1) is 6.54 Å². The van der Waals surface area contributed by atoms with Crippen LogP contribution in [0, 0.1) is 19.8 Å². The zero-order valence-corrected chi connectivity index (χ0v) is 16.9. The van der Waals surface area contributed by atoms with Gasteiger partial charge in [-0.15, -0.1) is 0 Å². The summed E-state index contributed by atoms with van der Waals surface area (Å²) in [7, 11) is 0. The molecule has 0 unspecified atom stereocenters. The van der Waals surface area contributed by atoms with Gasteiger partial charge in [-0.1, -0.05) is 19.3 Å². The number of carbonyl (C=O) groups excluding carboxylic acids is 2. The molecule has 0 atom stereocenters. The van der Waals surface area contributed by atoms with Gasteiger partial charge in [-0.2, -0.15) is 0 Å². The molecule has 5 nitrogen and oxygen atoms in total. The van der Waals surface area contributed by atoms with E-state index in [0.717, 1.165) is 50.3 Å². The van der Waals surface area contributed by atoms with Crippen molar-refractivity contribution < 1.29 is 9.59 Å². The van der Waals surface area contributed by atoms with Crippen LogP contribution in [0.1, 0.15) is 72.7 Å². The molecular weight excluding hydrogens is 338 g/mol. The zero-order valence-electron chi connectivity index (χ0n) is 16.9. The predicted octanol–water partition coefficient (Wildman–Crippen LogP) is 3.35. The minimum absolute atomic E-state index is 0.228. The number of amides is 1. The Balaban J connectivity index is 1.34. The first-order valence-corrected chi connectivity index (χ1v) is 10.8. The molecule has 2 saturated carbocycles. The van der Waals surface area contributed by atoms with E-state index in [-0.39, 0.29) is 11.7 Å². The van der Waals surface area contributed by atoms with Crippen molar-refractivity contribution in [2.75, 3.05) is 32.7 Å². The van der Waals surface area contributed by atoms with Crippen LogP contribution in [0.3, 0.4) is 0 Å². The summed E-state index contributed by atoms with van der Waals surface area (Å²) in [6, 6.07) is 2.67. The molecule has 2 heterocycles. The molecule has 0 bridgehead atoms. The van der Waals surface area contributed by atoms with Crippen molar-refractivity contribution >= 4 is 11.7 Å². The molecule has 1 amide bonds. The van der Waals surface area contributed by atoms with Crippen molar-refractivity contribution in [3.05, 3.63) is 23.0 Å². The summed E-state index contributed by atoms with van der Waals surface area (Å²) in [6.07, 6.45) is 8.40. The molecule has 3 aliphatic rings. The number of hydrogen-bond donors (Lipinski definition) is 0. The molecule has 3 fully saturated rings. The summed E-state index contributed by atoms with van der Waals surface area (Å²) in [6.45, 7) is 7.87. The summed E-state index contributed by atoms with van der Waals surface area (Å²) in [5, 5.41) is 0. The van der Waals surface area contributed by atoms with Gasteiger partial charge in [0.2, 0.25) is 5.91 Å². The average Bonchev–Trinajstić information content (AvgIpc) is 3.21. The largest absolute Gasteiger partial charge is 0.345 e. The molecule has 27 heavy (non-hydrogen) atoms. The Kier molecular flexibility index (Phi) is 5.40. The van der Waals surface area contributed by atoms with Gasteiger partial charge in [0.15, 0.2) is 5.78 Å². The summed E-state index contributed by atoms with van der Waals surface area (Å²) >= 11 is 0. The standard InChI is InChI=1S/C22H33N3O2/c1-16-14-20(17(2)25(16)19-8-3-4-9-19)21(26)15-23-10-12-24(13-11-23)22(27)18-6-5-7-18/h14,18-19H,3-13,15H2,1-2H3. The van der Waals surface area contributed by atoms with Crippen LogP contribution in [0.4, 0.5) is 0 Å². The topological polar surface area (TPSA) is 45.6 Å². The minimum atomic E-state index is 0.228. The van der Waals surface area contributed by atoms with E-state index < -0.39 is 0 Å². The Hall–Kier alpha value is -1.62. The van der Waals surface area contributed by atoms with Crippen LogP contribution in [0.5, 0.6) is 0 Å². The van der Waals surface area contributed by atoms with Gasteiger partial charge in [0, 0.05) is 55.1 Å². The van der Waals surface area contributed by atoms with Gasteiger partial charge in [0.25, 0.3) is 0 Å². The van der Waals surface area contributed by atoms with E-state index in [9.17, 15) is 9.59 Å². The summed E-state index contributed by atoms with van der Waals surface area (Å²) in [5.74, 6) is 0.845. The Bertz CT molecular complexity index is 705. The Labute approximate surface area is 162 Å². The predicted molar refractivity (Wildman–Crippen MR) is 106 cm³/mol. The third-order valence-corrected chi connectivity index (χ3v) is 6.98. The molecule has 1 aromatic heterocycles. The third-order valence-electron chi connectivity index (χ3n) is 6.98. The molecule has 0 radical (unpaired) electrons. The highest BCUT2D eigenvalue weighted by Gasteiger charge is 2.32. The maximum absolute atomic E-state index is 13.0. The second kappa shape index (κ2) is 7.78. The lowest BCUT2D eigenvalue weighted by Crippen LogP contribution is -2.52. The highest BCUT2D eigenvalue weighted by Crippen LogP contribution is 2.33. The Morgan fingerprint density at radius 2 is 1.63 bits per heavy atom. The SMILES string of the molecule is Cc1cc(C(=O)CN2CCN(C(=O)C3CCC3)CC2)c(C)n1C1CCCC1. The van der Waals surface area contributed by atoms with Crippen LogP contribution < -0.4 is 0 Å². The maximum Gasteiger partial charge on any atom is 0.225 e. The smallest absolute Gasteiger partial charge is 0.225 e. The summed E-state index contributed by atoms with van der Waals surface area (Å²) in [4.78, 5) is 29.6. The number of nitrogens with zero attached hydrogens (tertiary/aromatic N) is 3. The lowest BCUT2D eigenvalue weighted by Gasteiger charge is -2.38. The van der Waals surface area contributed by atoms with Gasteiger partial charge in [0.1, 0.15) is 0 Å². The van der Waals surface area contributed by atoms with Crippen LogP contribution >= 0.6 is 0 Å². The fourth-order valence-corrected chi connectivity index (χ4v) is 5.11. The van der Waals surface area contributed by atoms with Gasteiger partial charge in [-0.05, 0) is 45.6 Å². The first kappa shape index (κ1) is 18.7. The van der Waals surface area contributed by atoms with Crippen molar-refractivity contribution in [1.29, 1.82) is 0 Å². The highest BCUT2D eigenvalue weighted by molar-refractivity contribution is 5.99. The number of Topliss-reactive ketones (excluding diaryl/α,β-unsaturated/α-hetero) is 1. The second-order valence-electron chi connectivity index (χ2n) is 8.75. The van der Waals surface area contributed by atoms with E-state index in [4.69, 9.17) is 0 Å². The number of hydrogen-bond acceptors (Lipinski definition) is 3. The first-order chi connectivity index (χ1) is 13.0. The van der Waals surface area contributed by atoms with E-state index in [1.54, 1.807) is 0 Å². The van der Waals surface area contributed by atoms with Crippen LogP contribution in [-0.4, -0.2) is 58.8 Å². The van der Waals surface area contributed by atoms with Crippen molar-refractivity contribution in [3.63, 3.8) is 0 Å². The van der Waals surface area contributed by atoms with E-state index in [0.29, 0.717) is 18.5 Å². The molecule has 4 rings (SSSR count). The number of ketones is 1. The Morgan fingerprint density at radius 1 is 0.963 bits per heavy atom. The van der Waals surface area contributed by atoms with E-state index >= 15 is 0 Å². The van der Waals surface area contributed by atoms with Crippen LogP contribution in [0.15, 0.2) is 6.07 Å². The lowest BCUT2D eigenvalue weighted by atomic mass is 9.84. The van der Waals surface area contributed by atoms with Crippen molar-refractivity contribution in [3.8, 4) is 0 Å². The molecule has 0 aromatic carbocycles. The monoisotopic (exact) mass is 371 g/mol. The summed E-state index contributed by atoms with van der Waals surface area (Å²) in [5.41, 5.74) is 3.26. The third kappa shape index (κ3) is 3.71. The van der Waals surface area contributed by atoms with Crippen molar-refractivity contribution in [2.24, 2.45) is 5.92 Å². The number of aryl methyl sites for hydroxylation is 1. The quantitative estimate of drug-likeness (QED) is 0.746. The summed E-state index contributed by atoms with van der Waals surface area (Å²) < 4.78 is 2.40. The molecule has 1 aliphatic heterocycles. The molecule has 1 aromatic rings.